The Labute approximate surface area is 94.4 Å². The molecule has 2 fully saturated rings. The van der Waals surface area contributed by atoms with E-state index in [1.54, 1.807) is 0 Å². The maximum atomic E-state index is 4.01. The van der Waals surface area contributed by atoms with Gasteiger partial charge in [0.2, 0.25) is 0 Å². The first-order chi connectivity index (χ1) is 7.38. The molecule has 1 radical (unpaired) electrons. The van der Waals surface area contributed by atoms with Gasteiger partial charge in [-0.2, -0.15) is 0 Å². The van der Waals surface area contributed by atoms with E-state index in [-0.39, 0.29) is 0 Å². The van der Waals surface area contributed by atoms with Crippen LogP contribution in [0.1, 0.15) is 38.5 Å². The normalized spacial score (nSPS) is 29.8. The summed E-state index contributed by atoms with van der Waals surface area (Å²) >= 11 is 0. The van der Waals surface area contributed by atoms with Gasteiger partial charge in [-0.1, -0.05) is 13.3 Å². The molecular formula is C13H25N2. The molecule has 0 amide bonds. The van der Waals surface area contributed by atoms with Crippen LogP contribution in [-0.4, -0.2) is 37.1 Å². The maximum absolute atomic E-state index is 4.01. The largest absolute Gasteiger partial charge is 0.314 e. The summed E-state index contributed by atoms with van der Waals surface area (Å²) in [5, 5.41) is 3.58. The summed E-state index contributed by atoms with van der Waals surface area (Å²) in [5.74, 6) is 0.908. The number of likely N-dealkylation sites (tertiary alicyclic amines) is 1. The molecule has 2 rings (SSSR count). The van der Waals surface area contributed by atoms with Crippen molar-refractivity contribution < 1.29 is 0 Å². The van der Waals surface area contributed by atoms with Gasteiger partial charge < -0.3 is 10.2 Å². The first kappa shape index (κ1) is 11.4. The third kappa shape index (κ3) is 3.46. The molecule has 0 saturated carbocycles. The Morgan fingerprint density at radius 2 is 2.00 bits per heavy atom. The predicted octanol–water partition coefficient (Wildman–Crippen LogP) is 2.06. The van der Waals surface area contributed by atoms with E-state index >= 15 is 0 Å². The molecule has 0 aliphatic carbocycles. The molecule has 2 saturated heterocycles. The highest BCUT2D eigenvalue weighted by atomic mass is 15.1. The summed E-state index contributed by atoms with van der Waals surface area (Å²) in [7, 11) is 0. The van der Waals surface area contributed by atoms with E-state index in [4.69, 9.17) is 0 Å². The second kappa shape index (κ2) is 5.86. The van der Waals surface area contributed by atoms with Crippen molar-refractivity contribution in [1.82, 2.24) is 10.2 Å². The molecule has 1 atom stereocenters. The topological polar surface area (TPSA) is 15.3 Å². The smallest absolute Gasteiger partial charge is 0.00797 e. The van der Waals surface area contributed by atoms with E-state index in [0.717, 1.165) is 18.4 Å². The van der Waals surface area contributed by atoms with Crippen LogP contribution in [0.2, 0.25) is 0 Å². The van der Waals surface area contributed by atoms with Gasteiger partial charge in [0.15, 0.2) is 0 Å². The fraction of sp³-hybridized carbons (Fsp3) is 0.923. The minimum absolute atomic E-state index is 0.815. The van der Waals surface area contributed by atoms with Crippen molar-refractivity contribution in [3.8, 4) is 0 Å². The Kier molecular flexibility index (Phi) is 4.45. The lowest BCUT2D eigenvalue weighted by Crippen LogP contribution is -2.36. The van der Waals surface area contributed by atoms with E-state index in [9.17, 15) is 0 Å². The second-order valence-corrected chi connectivity index (χ2v) is 5.16. The SMILES string of the molecule is [CH2]CC1CCN(CCC2CCCN2)CC1. The fourth-order valence-electron chi connectivity index (χ4n) is 2.84. The van der Waals surface area contributed by atoms with E-state index < -0.39 is 0 Å². The van der Waals surface area contributed by atoms with Crippen LogP contribution >= 0.6 is 0 Å². The van der Waals surface area contributed by atoms with Gasteiger partial charge in [0.25, 0.3) is 0 Å². The van der Waals surface area contributed by atoms with Gasteiger partial charge in [-0.3, -0.25) is 0 Å². The van der Waals surface area contributed by atoms with E-state index in [0.29, 0.717) is 0 Å². The standard InChI is InChI=1S/C13H25N2/c1-2-12-5-9-15(10-6-12)11-7-13-4-3-8-14-13/h12-14H,1-11H2. The summed E-state index contributed by atoms with van der Waals surface area (Å²) < 4.78 is 0. The molecule has 2 heteroatoms. The average molecular weight is 209 g/mol. The number of rotatable bonds is 4. The molecule has 0 spiro atoms. The third-order valence-corrected chi connectivity index (χ3v) is 4.07. The van der Waals surface area contributed by atoms with Crippen molar-refractivity contribution in [2.45, 2.75) is 44.6 Å². The Balaban J connectivity index is 1.59. The Morgan fingerprint density at radius 1 is 1.20 bits per heavy atom. The van der Waals surface area contributed by atoms with Crippen LogP contribution in [0.5, 0.6) is 0 Å². The van der Waals surface area contributed by atoms with Gasteiger partial charge in [-0.15, -0.1) is 0 Å². The van der Waals surface area contributed by atoms with Crippen molar-refractivity contribution in [3.05, 3.63) is 6.92 Å². The molecule has 2 aliphatic rings. The molecule has 87 valence electrons. The maximum Gasteiger partial charge on any atom is 0.00797 e. The predicted molar refractivity (Wildman–Crippen MR) is 64.8 cm³/mol. The number of nitrogens with zero attached hydrogens (tertiary/aromatic N) is 1. The summed E-state index contributed by atoms with van der Waals surface area (Å²) in [6.07, 6.45) is 8.03. The highest BCUT2D eigenvalue weighted by Crippen LogP contribution is 2.20. The Hall–Kier alpha value is -0.0800. The molecule has 0 aromatic carbocycles. The zero-order valence-electron chi connectivity index (χ0n) is 9.88. The van der Waals surface area contributed by atoms with Crippen LogP contribution in [0, 0.1) is 12.8 Å². The lowest BCUT2D eigenvalue weighted by molar-refractivity contribution is 0.178. The molecule has 0 aromatic rings. The van der Waals surface area contributed by atoms with Crippen molar-refractivity contribution >= 4 is 0 Å². The lowest BCUT2D eigenvalue weighted by atomic mass is 9.94. The Bertz CT molecular complexity index is 167. The van der Waals surface area contributed by atoms with Gasteiger partial charge >= 0.3 is 0 Å². The van der Waals surface area contributed by atoms with E-state index in [1.165, 1.54) is 58.3 Å². The minimum atomic E-state index is 0.815. The summed E-state index contributed by atoms with van der Waals surface area (Å²) in [4.78, 5) is 2.64. The molecule has 2 aliphatic heterocycles. The molecule has 1 unspecified atom stereocenters. The Morgan fingerprint density at radius 3 is 2.60 bits per heavy atom. The van der Waals surface area contributed by atoms with Crippen LogP contribution < -0.4 is 5.32 Å². The fourth-order valence-corrected chi connectivity index (χ4v) is 2.84. The first-order valence-corrected chi connectivity index (χ1v) is 6.63. The van der Waals surface area contributed by atoms with E-state index in [1.807, 2.05) is 0 Å². The molecule has 15 heavy (non-hydrogen) atoms. The quantitative estimate of drug-likeness (QED) is 0.762. The van der Waals surface area contributed by atoms with Gasteiger partial charge in [-0.25, -0.2) is 0 Å². The van der Waals surface area contributed by atoms with Crippen LogP contribution in [0.25, 0.3) is 0 Å². The summed E-state index contributed by atoms with van der Waals surface area (Å²) in [6, 6.07) is 0.815. The third-order valence-electron chi connectivity index (χ3n) is 4.07. The molecule has 1 N–H and O–H groups in total. The van der Waals surface area contributed by atoms with Crippen molar-refractivity contribution in [2.75, 3.05) is 26.2 Å². The molecular weight excluding hydrogens is 184 g/mol. The van der Waals surface area contributed by atoms with Crippen LogP contribution in [0.4, 0.5) is 0 Å². The number of hydrogen-bond acceptors (Lipinski definition) is 2. The van der Waals surface area contributed by atoms with Gasteiger partial charge in [-0.05, 0) is 64.2 Å². The summed E-state index contributed by atoms with van der Waals surface area (Å²) in [5.41, 5.74) is 0. The number of hydrogen-bond donors (Lipinski definition) is 1. The van der Waals surface area contributed by atoms with Crippen LogP contribution in [0.15, 0.2) is 0 Å². The van der Waals surface area contributed by atoms with Crippen LogP contribution in [0.3, 0.4) is 0 Å². The molecule has 0 bridgehead atoms. The lowest BCUT2D eigenvalue weighted by Gasteiger charge is -2.32. The highest BCUT2D eigenvalue weighted by Gasteiger charge is 2.19. The van der Waals surface area contributed by atoms with Gasteiger partial charge in [0.05, 0.1) is 0 Å². The second-order valence-electron chi connectivity index (χ2n) is 5.16. The number of piperidine rings is 1. The minimum Gasteiger partial charge on any atom is -0.314 e. The molecule has 0 aromatic heterocycles. The van der Waals surface area contributed by atoms with Gasteiger partial charge in [0.1, 0.15) is 0 Å². The van der Waals surface area contributed by atoms with Crippen LogP contribution in [-0.2, 0) is 0 Å². The van der Waals surface area contributed by atoms with E-state index in [2.05, 4.69) is 17.1 Å². The van der Waals surface area contributed by atoms with Crippen molar-refractivity contribution in [1.29, 1.82) is 0 Å². The van der Waals surface area contributed by atoms with Gasteiger partial charge in [0, 0.05) is 6.04 Å². The number of nitrogens with one attached hydrogen (secondary N) is 1. The molecule has 2 heterocycles. The zero-order valence-corrected chi connectivity index (χ0v) is 9.88. The van der Waals surface area contributed by atoms with Crippen molar-refractivity contribution in [2.24, 2.45) is 5.92 Å². The average Bonchev–Trinajstić information content (AvgIpc) is 2.80. The monoisotopic (exact) mass is 209 g/mol. The highest BCUT2D eigenvalue weighted by molar-refractivity contribution is 4.78. The van der Waals surface area contributed by atoms with Crippen molar-refractivity contribution in [3.63, 3.8) is 0 Å². The molecule has 2 nitrogen and oxygen atoms in total. The first-order valence-electron chi connectivity index (χ1n) is 6.63. The zero-order chi connectivity index (χ0) is 10.5. The summed E-state index contributed by atoms with van der Waals surface area (Å²) in [6.45, 7) is 9.19.